The first-order valence-electron chi connectivity index (χ1n) is 11.5. The topological polar surface area (TPSA) is 66.1 Å². The second-order valence-electron chi connectivity index (χ2n) is 8.92. The molecule has 1 aromatic heterocycles. The number of hydrogen-bond acceptors (Lipinski definition) is 3. The Morgan fingerprint density at radius 1 is 0.923 bits per heavy atom. The van der Waals surface area contributed by atoms with E-state index in [0.29, 0.717) is 28.8 Å². The highest BCUT2D eigenvalue weighted by molar-refractivity contribution is 5.95. The summed E-state index contributed by atoms with van der Waals surface area (Å²) in [6.07, 6.45) is -5.02. The van der Waals surface area contributed by atoms with Crippen molar-refractivity contribution in [3.05, 3.63) is 117 Å². The number of amides is 1. The molecule has 10 heteroatoms. The van der Waals surface area contributed by atoms with Gasteiger partial charge in [-0.25, -0.2) is 8.78 Å². The molecule has 198 valence electrons. The van der Waals surface area contributed by atoms with Crippen LogP contribution in [0.5, 0.6) is 0 Å². The van der Waals surface area contributed by atoms with Crippen molar-refractivity contribution in [1.29, 1.82) is 5.26 Å². The Balaban J connectivity index is 1.94. The Hall–Kier alpha value is -4.78. The van der Waals surface area contributed by atoms with Crippen LogP contribution in [0.15, 0.2) is 77.6 Å². The first-order valence-corrected chi connectivity index (χ1v) is 11.5. The van der Waals surface area contributed by atoms with Gasteiger partial charge in [0.15, 0.2) is 0 Å². The zero-order chi connectivity index (χ0) is 28.5. The van der Waals surface area contributed by atoms with E-state index in [-0.39, 0.29) is 22.7 Å². The molecule has 0 atom stereocenters. The van der Waals surface area contributed by atoms with E-state index in [2.05, 4.69) is 0 Å². The van der Waals surface area contributed by atoms with Gasteiger partial charge in [-0.2, -0.15) is 18.4 Å². The van der Waals surface area contributed by atoms with Crippen molar-refractivity contribution < 1.29 is 26.7 Å². The van der Waals surface area contributed by atoms with Crippen LogP contribution in [-0.4, -0.2) is 29.5 Å². The summed E-state index contributed by atoms with van der Waals surface area (Å²) in [4.78, 5) is 27.0. The van der Waals surface area contributed by atoms with Crippen molar-refractivity contribution in [3.8, 4) is 28.5 Å². The Morgan fingerprint density at radius 3 is 2.18 bits per heavy atom. The fourth-order valence-corrected chi connectivity index (χ4v) is 4.14. The fourth-order valence-electron chi connectivity index (χ4n) is 4.14. The number of carbonyl (C=O) groups is 1. The van der Waals surface area contributed by atoms with Gasteiger partial charge in [0.2, 0.25) is 0 Å². The predicted molar refractivity (Wildman–Crippen MR) is 135 cm³/mol. The molecule has 0 aliphatic carbocycles. The van der Waals surface area contributed by atoms with Crippen LogP contribution >= 0.6 is 0 Å². The van der Waals surface area contributed by atoms with Gasteiger partial charge in [-0.15, -0.1) is 0 Å². The van der Waals surface area contributed by atoms with Gasteiger partial charge in [0.05, 0.1) is 17.8 Å². The number of rotatable bonds is 5. The van der Waals surface area contributed by atoms with Crippen molar-refractivity contribution in [1.82, 2.24) is 9.47 Å². The van der Waals surface area contributed by atoms with Crippen LogP contribution in [0.25, 0.3) is 22.4 Å². The van der Waals surface area contributed by atoms with Gasteiger partial charge < -0.3 is 9.47 Å². The quantitative estimate of drug-likeness (QED) is 0.289. The van der Waals surface area contributed by atoms with Crippen molar-refractivity contribution >= 4 is 5.91 Å². The summed E-state index contributed by atoms with van der Waals surface area (Å²) in [5.41, 5.74) is -2.53. The molecular weight excluding hydrogens is 517 g/mol. The van der Waals surface area contributed by atoms with Crippen molar-refractivity contribution in [2.75, 3.05) is 14.1 Å². The van der Waals surface area contributed by atoms with E-state index in [1.165, 1.54) is 23.1 Å². The number of carbonyl (C=O) groups excluding carboxylic acids is 1. The molecule has 0 radical (unpaired) electrons. The smallest absolute Gasteiger partial charge is 0.345 e. The van der Waals surface area contributed by atoms with E-state index >= 15 is 0 Å². The van der Waals surface area contributed by atoms with Crippen LogP contribution in [0.4, 0.5) is 22.0 Å². The number of nitriles is 1. The fraction of sp³-hybridized carbons (Fsp3) is 0.138. The maximum Gasteiger partial charge on any atom is 0.417 e. The average molecular weight is 537 g/mol. The Bertz CT molecular complexity index is 1680. The predicted octanol–water partition coefficient (Wildman–Crippen LogP) is 6.10. The summed E-state index contributed by atoms with van der Waals surface area (Å²) in [5, 5.41) is 9.39. The first kappa shape index (κ1) is 27.3. The minimum absolute atomic E-state index is 0.158. The largest absolute Gasteiger partial charge is 0.417 e. The van der Waals surface area contributed by atoms with E-state index in [1.54, 1.807) is 50.5 Å². The molecule has 0 saturated heterocycles. The second-order valence-corrected chi connectivity index (χ2v) is 8.92. The number of nitrogens with zero attached hydrogens (tertiary/aromatic N) is 3. The van der Waals surface area contributed by atoms with Gasteiger partial charge in [0.1, 0.15) is 23.3 Å². The number of pyridine rings is 1. The molecule has 4 aromatic rings. The third-order valence-electron chi connectivity index (χ3n) is 6.07. The Kier molecular flexibility index (Phi) is 7.36. The highest BCUT2D eigenvalue weighted by atomic mass is 19.4. The minimum atomic E-state index is -5.02. The van der Waals surface area contributed by atoms with Gasteiger partial charge >= 0.3 is 6.18 Å². The summed E-state index contributed by atoms with van der Waals surface area (Å²) < 4.78 is 70.4. The van der Waals surface area contributed by atoms with Gasteiger partial charge in [0.25, 0.3) is 11.5 Å². The molecule has 3 aromatic carbocycles. The summed E-state index contributed by atoms with van der Waals surface area (Å²) >= 11 is 0. The third kappa shape index (κ3) is 5.57. The standard InChI is InChI=1S/C29H20F5N3O2/c1-36(2)27(38)20-8-4-6-18(12-20)17-5-3-7-19(11-17)26-14-24(29(32,33)34)23(15-35)28(39)37(26)16-21-9-10-22(30)13-25(21)31/h3-14H,16H2,1-2H3. The third-order valence-corrected chi connectivity index (χ3v) is 6.07. The van der Waals surface area contributed by atoms with E-state index < -0.39 is 41.0 Å². The average Bonchev–Trinajstić information content (AvgIpc) is 2.89. The number of hydrogen-bond donors (Lipinski definition) is 0. The van der Waals surface area contributed by atoms with Crippen molar-refractivity contribution in [2.24, 2.45) is 0 Å². The van der Waals surface area contributed by atoms with Gasteiger partial charge in [0, 0.05) is 31.3 Å². The lowest BCUT2D eigenvalue weighted by atomic mass is 9.98. The van der Waals surface area contributed by atoms with E-state index in [1.807, 2.05) is 0 Å². The Morgan fingerprint density at radius 2 is 1.56 bits per heavy atom. The van der Waals surface area contributed by atoms with Crippen LogP contribution in [0.2, 0.25) is 0 Å². The molecule has 4 rings (SSSR count). The second kappa shape index (κ2) is 10.5. The summed E-state index contributed by atoms with van der Waals surface area (Å²) in [6, 6.07) is 17.5. The lowest BCUT2D eigenvalue weighted by Gasteiger charge is -2.18. The zero-order valence-corrected chi connectivity index (χ0v) is 20.7. The molecule has 5 nitrogen and oxygen atoms in total. The monoisotopic (exact) mass is 537 g/mol. The maximum absolute atomic E-state index is 14.5. The lowest BCUT2D eigenvalue weighted by molar-refractivity contribution is -0.137. The van der Waals surface area contributed by atoms with Crippen molar-refractivity contribution in [2.45, 2.75) is 12.7 Å². The number of halogens is 5. The molecule has 39 heavy (non-hydrogen) atoms. The van der Waals surface area contributed by atoms with Crippen molar-refractivity contribution in [3.63, 3.8) is 0 Å². The first-order chi connectivity index (χ1) is 18.4. The van der Waals surface area contributed by atoms with E-state index in [4.69, 9.17) is 0 Å². The SMILES string of the molecule is CN(C)C(=O)c1cccc(-c2cccc(-c3cc(C(F)(F)F)c(C#N)c(=O)n3Cc3ccc(F)cc3F)c2)c1. The maximum atomic E-state index is 14.5. The normalized spacial score (nSPS) is 11.2. The molecule has 1 amide bonds. The van der Waals surface area contributed by atoms with Gasteiger partial charge in [-0.05, 0) is 47.0 Å². The summed E-state index contributed by atoms with van der Waals surface area (Å²) in [5.74, 6) is -2.11. The highest BCUT2D eigenvalue weighted by Crippen LogP contribution is 2.35. The molecule has 0 fully saturated rings. The summed E-state index contributed by atoms with van der Waals surface area (Å²) in [6.45, 7) is -0.551. The molecule has 0 aliphatic heterocycles. The van der Waals surface area contributed by atoms with E-state index in [0.717, 1.165) is 16.7 Å². The molecule has 0 spiro atoms. The molecule has 0 N–H and O–H groups in total. The van der Waals surface area contributed by atoms with Crippen LogP contribution in [0.3, 0.4) is 0 Å². The molecule has 0 unspecified atom stereocenters. The van der Waals surface area contributed by atoms with Crippen LogP contribution in [-0.2, 0) is 12.7 Å². The van der Waals surface area contributed by atoms with Gasteiger partial charge in [-0.1, -0.05) is 36.4 Å². The molecule has 0 bridgehead atoms. The lowest BCUT2D eigenvalue weighted by Crippen LogP contribution is -2.29. The molecule has 1 heterocycles. The van der Waals surface area contributed by atoms with Crippen LogP contribution in [0.1, 0.15) is 27.0 Å². The molecular formula is C29H20F5N3O2. The summed E-state index contributed by atoms with van der Waals surface area (Å²) in [7, 11) is 3.20. The molecule has 0 aliphatic rings. The van der Waals surface area contributed by atoms with E-state index in [9.17, 15) is 36.8 Å². The number of benzene rings is 3. The van der Waals surface area contributed by atoms with Gasteiger partial charge in [-0.3, -0.25) is 9.59 Å². The van der Waals surface area contributed by atoms with Crippen LogP contribution < -0.4 is 5.56 Å². The molecule has 0 saturated carbocycles. The zero-order valence-electron chi connectivity index (χ0n) is 20.7. The highest BCUT2D eigenvalue weighted by Gasteiger charge is 2.36. The minimum Gasteiger partial charge on any atom is -0.345 e. The number of aromatic nitrogens is 1. The number of alkyl halides is 3. The Labute approximate surface area is 220 Å². The van der Waals surface area contributed by atoms with Crippen LogP contribution in [0, 0.1) is 23.0 Å².